The van der Waals surface area contributed by atoms with E-state index in [9.17, 15) is 9.18 Å². The van der Waals surface area contributed by atoms with E-state index in [-0.39, 0.29) is 10.6 Å². The van der Waals surface area contributed by atoms with Crippen molar-refractivity contribution < 1.29 is 13.6 Å². The van der Waals surface area contributed by atoms with Crippen LogP contribution in [0, 0.1) is 5.82 Å². The summed E-state index contributed by atoms with van der Waals surface area (Å²) < 4.78 is 19.6. The first-order valence-corrected chi connectivity index (χ1v) is 11.1. The first-order valence-electron chi connectivity index (χ1n) is 9.56. The molecule has 1 unspecified atom stereocenters. The number of benzene rings is 2. The van der Waals surface area contributed by atoms with Crippen LogP contribution < -0.4 is 10.2 Å². The van der Waals surface area contributed by atoms with Crippen LogP contribution in [-0.4, -0.2) is 40.7 Å². The summed E-state index contributed by atoms with van der Waals surface area (Å²) in [5.41, 5.74) is 1.05. The fraction of sp³-hybridized carbons (Fsp3) is 0.286. The average molecular weight is 447 g/mol. The van der Waals surface area contributed by atoms with Gasteiger partial charge in [-0.3, -0.25) is 4.79 Å². The molecule has 1 aromatic heterocycles. The van der Waals surface area contributed by atoms with E-state index in [1.54, 1.807) is 0 Å². The summed E-state index contributed by atoms with van der Waals surface area (Å²) in [6, 6.07) is 13.2. The predicted octanol–water partition coefficient (Wildman–Crippen LogP) is 4.13. The molecule has 30 heavy (non-hydrogen) atoms. The Kier molecular flexibility index (Phi) is 6.54. The Morgan fingerprint density at radius 3 is 2.73 bits per heavy atom. The van der Waals surface area contributed by atoms with Gasteiger partial charge in [0.1, 0.15) is 11.9 Å². The molecule has 9 heteroatoms. The number of carbonyl (C=O) groups excluding carboxylic acids is 1. The number of amides is 1. The van der Waals surface area contributed by atoms with E-state index in [1.165, 1.54) is 12.1 Å². The third-order valence-corrected chi connectivity index (χ3v) is 6.04. The van der Waals surface area contributed by atoms with Crippen LogP contribution >= 0.6 is 23.4 Å². The minimum absolute atomic E-state index is 0.0579. The Hall–Kier alpha value is -2.58. The van der Waals surface area contributed by atoms with Gasteiger partial charge in [0.15, 0.2) is 0 Å². The number of nitrogens with one attached hydrogen (secondary N) is 1. The molecule has 4 rings (SSSR count). The summed E-state index contributed by atoms with van der Waals surface area (Å²) in [4.78, 5) is 14.9. The lowest BCUT2D eigenvalue weighted by molar-refractivity contribution is 0.0930. The summed E-state index contributed by atoms with van der Waals surface area (Å²) in [6.07, 6.45) is 0.441. The maximum absolute atomic E-state index is 13.6. The van der Waals surface area contributed by atoms with Crippen molar-refractivity contribution in [1.29, 1.82) is 0 Å². The van der Waals surface area contributed by atoms with Crippen LogP contribution in [0.3, 0.4) is 0 Å². The maximum atomic E-state index is 13.6. The average Bonchev–Trinajstić information content (AvgIpc) is 3.26. The molecule has 1 aliphatic heterocycles. The monoisotopic (exact) mass is 446 g/mol. The minimum atomic E-state index is -0.584. The summed E-state index contributed by atoms with van der Waals surface area (Å²) in [5, 5.41) is 11.4. The van der Waals surface area contributed by atoms with Crippen molar-refractivity contribution in [2.75, 3.05) is 29.5 Å². The molecule has 1 amide bonds. The zero-order chi connectivity index (χ0) is 20.9. The fourth-order valence-corrected chi connectivity index (χ4v) is 4.31. The highest BCUT2D eigenvalue weighted by Gasteiger charge is 2.25. The van der Waals surface area contributed by atoms with Gasteiger partial charge in [-0.2, -0.15) is 11.8 Å². The number of halogens is 2. The molecule has 0 spiro atoms. The summed E-state index contributed by atoms with van der Waals surface area (Å²) >= 11 is 7.98. The van der Waals surface area contributed by atoms with Crippen LogP contribution in [0.1, 0.15) is 27.9 Å². The highest BCUT2D eigenvalue weighted by atomic mass is 35.5. The molecule has 1 N–H and O–H groups in total. The molecule has 0 saturated carbocycles. The van der Waals surface area contributed by atoms with E-state index < -0.39 is 17.8 Å². The minimum Gasteiger partial charge on any atom is -0.406 e. The molecule has 1 fully saturated rings. The van der Waals surface area contributed by atoms with Gasteiger partial charge in [-0.25, -0.2) is 4.39 Å². The van der Waals surface area contributed by atoms with Gasteiger partial charge >= 0.3 is 6.01 Å². The summed E-state index contributed by atoms with van der Waals surface area (Å²) in [5.74, 6) is 1.26. The standard InChI is InChI=1S/C21H20ClFN4O2S/c22-17-7-6-15(23)13-16(17)19(28)24-18(12-14-4-2-1-3-5-14)20-25-26-21(29-20)27-8-10-30-11-9-27/h1-7,13,18H,8-12H2,(H,24,28). The number of hydrogen-bond donors (Lipinski definition) is 1. The highest BCUT2D eigenvalue weighted by molar-refractivity contribution is 7.99. The van der Waals surface area contributed by atoms with Crippen molar-refractivity contribution in [1.82, 2.24) is 15.5 Å². The number of hydrogen-bond acceptors (Lipinski definition) is 6. The van der Waals surface area contributed by atoms with E-state index in [1.807, 2.05) is 47.0 Å². The molecule has 1 saturated heterocycles. The molecule has 0 aliphatic carbocycles. The van der Waals surface area contributed by atoms with Crippen LogP contribution in [0.15, 0.2) is 52.9 Å². The smallest absolute Gasteiger partial charge is 0.318 e. The SMILES string of the molecule is O=C(NC(Cc1ccccc1)c1nnc(N2CCSCC2)o1)c1cc(F)ccc1Cl. The van der Waals surface area contributed by atoms with Gasteiger partial charge in [0.05, 0.1) is 10.6 Å². The number of nitrogens with zero attached hydrogens (tertiary/aromatic N) is 3. The second-order valence-electron chi connectivity index (χ2n) is 6.86. The third kappa shape index (κ3) is 4.94. The van der Waals surface area contributed by atoms with Crippen LogP contribution in [0.25, 0.3) is 0 Å². The molecule has 2 aromatic carbocycles. The van der Waals surface area contributed by atoms with Gasteiger partial charge < -0.3 is 14.6 Å². The molecule has 2 heterocycles. The zero-order valence-corrected chi connectivity index (χ0v) is 17.6. The van der Waals surface area contributed by atoms with Gasteiger partial charge in [-0.15, -0.1) is 5.10 Å². The number of carbonyl (C=O) groups is 1. The first-order chi connectivity index (χ1) is 14.6. The molecule has 0 bridgehead atoms. The molecule has 1 atom stereocenters. The van der Waals surface area contributed by atoms with Crippen molar-refractivity contribution in [3.8, 4) is 0 Å². The summed E-state index contributed by atoms with van der Waals surface area (Å²) in [6.45, 7) is 1.67. The first kappa shape index (κ1) is 20.7. The molecule has 1 aliphatic rings. The fourth-order valence-electron chi connectivity index (χ4n) is 3.21. The Balaban J connectivity index is 1.59. The normalized spacial score (nSPS) is 15.1. The molecule has 6 nitrogen and oxygen atoms in total. The molecule has 3 aromatic rings. The third-order valence-electron chi connectivity index (χ3n) is 4.77. The van der Waals surface area contributed by atoms with Gasteiger partial charge in [0.2, 0.25) is 5.89 Å². The Bertz CT molecular complexity index is 1010. The van der Waals surface area contributed by atoms with E-state index in [2.05, 4.69) is 15.5 Å². The zero-order valence-electron chi connectivity index (χ0n) is 16.1. The van der Waals surface area contributed by atoms with Gasteiger partial charge in [-0.1, -0.05) is 47.0 Å². The van der Waals surface area contributed by atoms with Crippen molar-refractivity contribution in [2.24, 2.45) is 0 Å². The van der Waals surface area contributed by atoms with Crippen molar-refractivity contribution in [3.05, 3.63) is 76.4 Å². The molecule has 156 valence electrons. The quantitative estimate of drug-likeness (QED) is 0.614. The van der Waals surface area contributed by atoms with Crippen molar-refractivity contribution in [3.63, 3.8) is 0 Å². The topological polar surface area (TPSA) is 71.3 Å². The maximum Gasteiger partial charge on any atom is 0.318 e. The number of anilines is 1. The Labute approximate surface area is 182 Å². The molecular formula is C21H20ClFN4O2S. The predicted molar refractivity (Wildman–Crippen MR) is 116 cm³/mol. The lowest BCUT2D eigenvalue weighted by atomic mass is 10.1. The van der Waals surface area contributed by atoms with Crippen molar-refractivity contribution >= 4 is 35.3 Å². The second-order valence-corrected chi connectivity index (χ2v) is 8.49. The van der Waals surface area contributed by atoms with E-state index in [0.717, 1.165) is 36.2 Å². The lowest BCUT2D eigenvalue weighted by Crippen LogP contribution is -2.32. The largest absolute Gasteiger partial charge is 0.406 e. The molecular weight excluding hydrogens is 427 g/mol. The van der Waals surface area contributed by atoms with Gasteiger partial charge in [0, 0.05) is 31.0 Å². The van der Waals surface area contributed by atoms with Crippen LogP contribution in [-0.2, 0) is 6.42 Å². The number of aromatic nitrogens is 2. The van der Waals surface area contributed by atoms with E-state index >= 15 is 0 Å². The van der Waals surface area contributed by atoms with Crippen LogP contribution in [0.4, 0.5) is 10.4 Å². The Morgan fingerprint density at radius 1 is 1.20 bits per heavy atom. The highest BCUT2D eigenvalue weighted by Crippen LogP contribution is 2.25. The summed E-state index contributed by atoms with van der Waals surface area (Å²) in [7, 11) is 0. The lowest BCUT2D eigenvalue weighted by Gasteiger charge is -2.24. The Morgan fingerprint density at radius 2 is 1.97 bits per heavy atom. The van der Waals surface area contributed by atoms with Crippen LogP contribution in [0.5, 0.6) is 0 Å². The number of rotatable bonds is 6. The second kappa shape index (κ2) is 9.49. The van der Waals surface area contributed by atoms with Crippen molar-refractivity contribution in [2.45, 2.75) is 12.5 Å². The number of thioether (sulfide) groups is 1. The van der Waals surface area contributed by atoms with Gasteiger partial charge in [0.25, 0.3) is 5.91 Å². The molecule has 0 radical (unpaired) electrons. The van der Waals surface area contributed by atoms with Crippen LogP contribution in [0.2, 0.25) is 5.02 Å². The van der Waals surface area contributed by atoms with Gasteiger partial charge in [-0.05, 0) is 23.8 Å². The van der Waals surface area contributed by atoms with E-state index in [4.69, 9.17) is 16.0 Å². The van der Waals surface area contributed by atoms with E-state index in [0.29, 0.717) is 18.3 Å².